The van der Waals surface area contributed by atoms with Gasteiger partial charge in [-0.15, -0.1) is 0 Å². The number of benzene rings is 2. The van der Waals surface area contributed by atoms with Crippen molar-refractivity contribution in [3.8, 4) is 0 Å². The van der Waals surface area contributed by atoms with E-state index in [0.717, 1.165) is 21.4 Å². The first kappa shape index (κ1) is 20.4. The highest BCUT2D eigenvalue weighted by Crippen LogP contribution is 2.31. The zero-order valence-electron chi connectivity index (χ0n) is 16.1. The Kier molecular flexibility index (Phi) is 5.53. The molecule has 1 aliphatic heterocycles. The molecule has 3 aromatic rings. The summed E-state index contributed by atoms with van der Waals surface area (Å²) in [5.74, 6) is -0.966. The van der Waals surface area contributed by atoms with Crippen molar-refractivity contribution in [3.63, 3.8) is 0 Å². The lowest BCUT2D eigenvalue weighted by Gasteiger charge is -2.24. The summed E-state index contributed by atoms with van der Waals surface area (Å²) in [6, 6.07) is 12.9. The number of fused-ring (bicyclic) bond motifs is 1. The Morgan fingerprint density at radius 1 is 1.23 bits per heavy atom. The Labute approximate surface area is 183 Å². The summed E-state index contributed by atoms with van der Waals surface area (Å²) in [4.78, 5) is 30.8. The second kappa shape index (κ2) is 8.12. The Morgan fingerprint density at radius 2 is 1.93 bits per heavy atom. The number of allylic oxidation sites excluding steroid dienone is 1. The van der Waals surface area contributed by atoms with Crippen molar-refractivity contribution in [1.29, 1.82) is 0 Å². The molecule has 0 saturated heterocycles. The lowest BCUT2D eigenvalue weighted by atomic mass is 9.96. The van der Waals surface area contributed by atoms with Crippen LogP contribution in [-0.4, -0.2) is 17.6 Å². The average Bonchev–Trinajstić information content (AvgIpc) is 3.03. The molecule has 0 fully saturated rings. The molecule has 5 nitrogen and oxygen atoms in total. The summed E-state index contributed by atoms with van der Waals surface area (Å²) >= 11 is 4.56. The minimum atomic E-state index is -0.690. The van der Waals surface area contributed by atoms with E-state index in [1.807, 2.05) is 24.3 Å². The number of esters is 1. The summed E-state index contributed by atoms with van der Waals surface area (Å²) in [5, 5.41) is 0. The molecule has 0 saturated carbocycles. The number of carbonyl (C=O) groups excluding carboxylic acids is 1. The van der Waals surface area contributed by atoms with Crippen LogP contribution in [0.4, 0.5) is 4.39 Å². The molecule has 1 aromatic heterocycles. The lowest BCUT2D eigenvalue weighted by Crippen LogP contribution is -2.39. The molecule has 8 heteroatoms. The molecule has 0 amide bonds. The fourth-order valence-corrected chi connectivity index (χ4v) is 4.69. The summed E-state index contributed by atoms with van der Waals surface area (Å²) in [5.41, 5.74) is 1.49. The largest absolute Gasteiger partial charge is 0.466 e. The van der Waals surface area contributed by atoms with Crippen LogP contribution in [0.15, 0.2) is 74.1 Å². The number of hydrogen-bond donors (Lipinski definition) is 0. The molecule has 152 valence electrons. The quantitative estimate of drug-likeness (QED) is 0.533. The lowest BCUT2D eigenvalue weighted by molar-refractivity contribution is -0.136. The van der Waals surface area contributed by atoms with E-state index in [2.05, 4.69) is 20.9 Å². The van der Waals surface area contributed by atoms with E-state index in [4.69, 9.17) is 4.74 Å². The molecule has 1 unspecified atom stereocenters. The van der Waals surface area contributed by atoms with Gasteiger partial charge in [-0.3, -0.25) is 9.36 Å². The zero-order chi connectivity index (χ0) is 21.4. The predicted octanol–water partition coefficient (Wildman–Crippen LogP) is 3.31. The van der Waals surface area contributed by atoms with Gasteiger partial charge in [0.1, 0.15) is 5.82 Å². The van der Waals surface area contributed by atoms with Gasteiger partial charge in [-0.05, 0) is 36.8 Å². The molecule has 0 radical (unpaired) electrons. The molecule has 1 atom stereocenters. The van der Waals surface area contributed by atoms with E-state index >= 15 is 0 Å². The number of carbonyl (C=O) groups is 1. The van der Waals surface area contributed by atoms with Gasteiger partial charge in [0.25, 0.3) is 5.56 Å². The van der Waals surface area contributed by atoms with Gasteiger partial charge < -0.3 is 4.74 Å². The SMILES string of the molecule is COC(=O)C1=C(C)N=c2sc(=Cc3ccccc3F)c(=O)n2C1c1ccc(Br)cc1. The summed E-state index contributed by atoms with van der Waals surface area (Å²) in [6.45, 7) is 1.71. The first-order valence-electron chi connectivity index (χ1n) is 9.01. The Balaban J connectivity index is 1.99. The molecule has 1 aliphatic rings. The van der Waals surface area contributed by atoms with Gasteiger partial charge in [0.05, 0.1) is 29.0 Å². The molecular formula is C22H16BrFN2O3S. The highest BCUT2D eigenvalue weighted by Gasteiger charge is 2.33. The van der Waals surface area contributed by atoms with Crippen LogP contribution in [0.25, 0.3) is 6.08 Å². The normalized spacial score (nSPS) is 16.3. The van der Waals surface area contributed by atoms with E-state index < -0.39 is 17.8 Å². The molecule has 2 heterocycles. The Bertz CT molecular complexity index is 1360. The van der Waals surface area contributed by atoms with Gasteiger partial charge in [0, 0.05) is 10.0 Å². The first-order valence-corrected chi connectivity index (χ1v) is 10.6. The van der Waals surface area contributed by atoms with Crippen LogP contribution in [-0.2, 0) is 9.53 Å². The van der Waals surface area contributed by atoms with Crippen LogP contribution in [0.2, 0.25) is 0 Å². The van der Waals surface area contributed by atoms with Gasteiger partial charge in [0.15, 0.2) is 4.80 Å². The fraction of sp³-hybridized carbons (Fsp3) is 0.136. The monoisotopic (exact) mass is 486 g/mol. The molecule has 0 N–H and O–H groups in total. The third kappa shape index (κ3) is 3.57. The number of ether oxygens (including phenoxy) is 1. The van der Waals surface area contributed by atoms with Crippen molar-refractivity contribution in [3.05, 3.63) is 101 Å². The van der Waals surface area contributed by atoms with Crippen LogP contribution >= 0.6 is 27.3 Å². The maximum Gasteiger partial charge on any atom is 0.338 e. The molecule has 2 aromatic carbocycles. The number of halogens is 2. The van der Waals surface area contributed by atoms with Crippen LogP contribution in [0.5, 0.6) is 0 Å². The molecular weight excluding hydrogens is 471 g/mol. The number of nitrogens with zero attached hydrogens (tertiary/aromatic N) is 2. The van der Waals surface area contributed by atoms with Gasteiger partial charge in [-0.2, -0.15) is 0 Å². The first-order chi connectivity index (χ1) is 14.4. The summed E-state index contributed by atoms with van der Waals surface area (Å²) < 4.78 is 21.8. The highest BCUT2D eigenvalue weighted by molar-refractivity contribution is 9.10. The van der Waals surface area contributed by atoms with E-state index in [1.165, 1.54) is 23.8 Å². The highest BCUT2D eigenvalue weighted by atomic mass is 79.9. The topological polar surface area (TPSA) is 60.7 Å². The van der Waals surface area contributed by atoms with E-state index in [1.54, 1.807) is 25.1 Å². The summed E-state index contributed by atoms with van der Waals surface area (Å²) in [7, 11) is 1.30. The van der Waals surface area contributed by atoms with Crippen molar-refractivity contribution >= 4 is 39.3 Å². The maximum absolute atomic E-state index is 14.1. The van der Waals surface area contributed by atoms with Crippen molar-refractivity contribution in [2.75, 3.05) is 7.11 Å². The Hall–Kier alpha value is -2.84. The molecule has 0 spiro atoms. The van der Waals surface area contributed by atoms with E-state index in [0.29, 0.717) is 26.2 Å². The van der Waals surface area contributed by atoms with Gasteiger partial charge in [0.2, 0.25) is 0 Å². The average molecular weight is 487 g/mol. The van der Waals surface area contributed by atoms with Crippen LogP contribution in [0.1, 0.15) is 24.1 Å². The van der Waals surface area contributed by atoms with Gasteiger partial charge in [-0.25, -0.2) is 14.2 Å². The maximum atomic E-state index is 14.1. The number of aromatic nitrogens is 1. The smallest absolute Gasteiger partial charge is 0.338 e. The van der Waals surface area contributed by atoms with Gasteiger partial charge in [-0.1, -0.05) is 57.6 Å². The van der Waals surface area contributed by atoms with Crippen molar-refractivity contribution < 1.29 is 13.9 Å². The van der Waals surface area contributed by atoms with E-state index in [9.17, 15) is 14.0 Å². The minimum absolute atomic E-state index is 0.296. The molecule has 30 heavy (non-hydrogen) atoms. The third-order valence-electron chi connectivity index (χ3n) is 4.80. The fourth-order valence-electron chi connectivity index (χ4n) is 3.39. The van der Waals surface area contributed by atoms with Crippen molar-refractivity contribution in [2.24, 2.45) is 4.99 Å². The third-order valence-corrected chi connectivity index (χ3v) is 6.32. The Morgan fingerprint density at radius 3 is 2.60 bits per heavy atom. The zero-order valence-corrected chi connectivity index (χ0v) is 18.5. The number of rotatable bonds is 3. The van der Waals surface area contributed by atoms with Crippen LogP contribution in [0, 0.1) is 5.82 Å². The van der Waals surface area contributed by atoms with Crippen LogP contribution in [0.3, 0.4) is 0 Å². The van der Waals surface area contributed by atoms with Crippen LogP contribution < -0.4 is 14.9 Å². The number of methoxy groups -OCH3 is 1. The van der Waals surface area contributed by atoms with E-state index in [-0.39, 0.29) is 5.56 Å². The number of hydrogen-bond acceptors (Lipinski definition) is 5. The molecule has 0 bridgehead atoms. The second-order valence-electron chi connectivity index (χ2n) is 6.65. The minimum Gasteiger partial charge on any atom is -0.466 e. The molecule has 4 rings (SSSR count). The standard InChI is InChI=1S/C22H16BrFN2O3S/c1-12-18(21(28)29-2)19(13-7-9-15(23)10-8-13)26-20(27)17(30-22(26)25-12)11-14-5-3-4-6-16(14)24/h3-11,19H,1-2H3. The van der Waals surface area contributed by atoms with Crippen molar-refractivity contribution in [1.82, 2.24) is 4.57 Å². The second-order valence-corrected chi connectivity index (χ2v) is 8.57. The van der Waals surface area contributed by atoms with Gasteiger partial charge >= 0.3 is 5.97 Å². The summed E-state index contributed by atoms with van der Waals surface area (Å²) in [6.07, 6.45) is 1.51. The number of thiazole rings is 1. The predicted molar refractivity (Wildman–Crippen MR) is 116 cm³/mol. The van der Waals surface area contributed by atoms with Crippen molar-refractivity contribution in [2.45, 2.75) is 13.0 Å². The molecule has 0 aliphatic carbocycles.